The molecule has 0 aromatic heterocycles. The summed E-state index contributed by atoms with van der Waals surface area (Å²) in [6, 6.07) is 8.45. The Labute approximate surface area is 124 Å². The molecule has 0 saturated heterocycles. The van der Waals surface area contributed by atoms with E-state index in [1.807, 2.05) is 18.2 Å². The van der Waals surface area contributed by atoms with Crippen molar-refractivity contribution in [2.45, 2.75) is 24.8 Å². The molecule has 1 fully saturated rings. The molecule has 0 heterocycles. The Morgan fingerprint density at radius 2 is 2.25 bits per heavy atom. The monoisotopic (exact) mass is 296 g/mol. The van der Waals surface area contributed by atoms with Crippen LogP contribution < -0.4 is 10.6 Å². The van der Waals surface area contributed by atoms with Crippen LogP contribution in [0.2, 0.25) is 5.02 Å². The molecule has 1 saturated carbocycles. The van der Waals surface area contributed by atoms with E-state index in [2.05, 4.69) is 16.7 Å². The molecule has 0 radical (unpaired) electrons. The third kappa shape index (κ3) is 4.47. The molecular weight excluding hydrogens is 276 g/mol. The van der Waals surface area contributed by atoms with Gasteiger partial charge in [-0.15, -0.1) is 0 Å². The van der Waals surface area contributed by atoms with Gasteiger partial charge in [-0.05, 0) is 36.5 Å². The fraction of sp³-hybridized carbons (Fsp3) is 0.533. The van der Waals surface area contributed by atoms with E-state index in [-0.39, 0.29) is 5.91 Å². The lowest BCUT2D eigenvalue weighted by atomic mass is 9.76. The molecule has 1 aromatic rings. The maximum atomic E-state index is 11.5. The Morgan fingerprint density at radius 1 is 1.45 bits per heavy atom. The van der Waals surface area contributed by atoms with Crippen molar-refractivity contribution < 1.29 is 9.53 Å². The lowest BCUT2D eigenvalue weighted by Gasteiger charge is -2.36. The third-order valence-electron chi connectivity index (χ3n) is 3.64. The Hall–Kier alpha value is -1.10. The van der Waals surface area contributed by atoms with Gasteiger partial charge in [0.2, 0.25) is 5.91 Å². The van der Waals surface area contributed by atoms with Crippen LogP contribution >= 0.6 is 11.6 Å². The highest BCUT2D eigenvalue weighted by atomic mass is 35.5. The number of halogens is 1. The van der Waals surface area contributed by atoms with Gasteiger partial charge in [-0.2, -0.15) is 0 Å². The second kappa shape index (κ2) is 7.62. The van der Waals surface area contributed by atoms with E-state index >= 15 is 0 Å². The van der Waals surface area contributed by atoms with Crippen LogP contribution in [0.25, 0.3) is 0 Å². The topological polar surface area (TPSA) is 50.4 Å². The minimum atomic E-state index is 0.0215. The number of ether oxygens (including phenoxy) is 1. The van der Waals surface area contributed by atoms with E-state index in [0.29, 0.717) is 31.7 Å². The van der Waals surface area contributed by atoms with Crippen LogP contribution in [-0.4, -0.2) is 38.8 Å². The minimum Gasteiger partial charge on any atom is -0.383 e. The van der Waals surface area contributed by atoms with Gasteiger partial charge in [-0.25, -0.2) is 0 Å². The SMILES string of the molecule is COCCNC(=O)CNC1CC(c2cccc(Cl)c2)C1. The molecule has 0 unspecified atom stereocenters. The normalized spacial score (nSPS) is 21.3. The second-order valence-corrected chi connectivity index (χ2v) is 5.58. The van der Waals surface area contributed by atoms with E-state index in [1.165, 1.54) is 5.56 Å². The van der Waals surface area contributed by atoms with Crippen molar-refractivity contribution in [3.8, 4) is 0 Å². The van der Waals surface area contributed by atoms with Gasteiger partial charge in [-0.1, -0.05) is 23.7 Å². The van der Waals surface area contributed by atoms with Crippen LogP contribution in [0.15, 0.2) is 24.3 Å². The summed E-state index contributed by atoms with van der Waals surface area (Å²) in [7, 11) is 1.62. The number of carbonyl (C=O) groups excluding carboxylic acids is 1. The first-order chi connectivity index (χ1) is 9.69. The molecule has 2 rings (SSSR count). The molecule has 20 heavy (non-hydrogen) atoms. The molecular formula is C15H21ClN2O2. The van der Waals surface area contributed by atoms with Gasteiger partial charge in [0.15, 0.2) is 0 Å². The van der Waals surface area contributed by atoms with Crippen molar-refractivity contribution in [1.29, 1.82) is 0 Å². The molecule has 1 aliphatic carbocycles. The average molecular weight is 297 g/mol. The van der Waals surface area contributed by atoms with Crippen LogP contribution in [-0.2, 0) is 9.53 Å². The van der Waals surface area contributed by atoms with Crippen LogP contribution in [0.5, 0.6) is 0 Å². The van der Waals surface area contributed by atoms with Crippen molar-refractivity contribution in [1.82, 2.24) is 10.6 Å². The van der Waals surface area contributed by atoms with E-state index in [9.17, 15) is 4.79 Å². The lowest BCUT2D eigenvalue weighted by molar-refractivity contribution is -0.120. The van der Waals surface area contributed by atoms with Crippen molar-refractivity contribution >= 4 is 17.5 Å². The predicted octanol–water partition coefficient (Wildman–Crippen LogP) is 1.94. The van der Waals surface area contributed by atoms with Gasteiger partial charge >= 0.3 is 0 Å². The summed E-state index contributed by atoms with van der Waals surface area (Å²) >= 11 is 5.99. The van der Waals surface area contributed by atoms with Crippen LogP contribution in [0, 0.1) is 0 Å². The van der Waals surface area contributed by atoms with Gasteiger partial charge < -0.3 is 15.4 Å². The van der Waals surface area contributed by atoms with Crippen molar-refractivity contribution in [2.75, 3.05) is 26.8 Å². The van der Waals surface area contributed by atoms with Gasteiger partial charge in [0.25, 0.3) is 0 Å². The average Bonchev–Trinajstić information content (AvgIpc) is 2.37. The Morgan fingerprint density at radius 3 is 2.95 bits per heavy atom. The quantitative estimate of drug-likeness (QED) is 0.756. The highest BCUT2D eigenvalue weighted by Crippen LogP contribution is 2.37. The summed E-state index contributed by atoms with van der Waals surface area (Å²) < 4.78 is 4.88. The second-order valence-electron chi connectivity index (χ2n) is 5.14. The number of amides is 1. The van der Waals surface area contributed by atoms with Crippen molar-refractivity contribution in [2.24, 2.45) is 0 Å². The van der Waals surface area contributed by atoms with E-state index in [4.69, 9.17) is 16.3 Å². The molecule has 0 bridgehead atoms. The van der Waals surface area contributed by atoms with E-state index in [1.54, 1.807) is 7.11 Å². The number of carbonyl (C=O) groups is 1. The fourth-order valence-corrected chi connectivity index (χ4v) is 2.61. The summed E-state index contributed by atoms with van der Waals surface area (Å²) in [6.45, 7) is 1.48. The highest BCUT2D eigenvalue weighted by Gasteiger charge is 2.30. The minimum absolute atomic E-state index is 0.0215. The fourth-order valence-electron chi connectivity index (χ4n) is 2.41. The molecule has 1 amide bonds. The van der Waals surface area contributed by atoms with Crippen LogP contribution in [0.3, 0.4) is 0 Å². The number of methoxy groups -OCH3 is 1. The van der Waals surface area contributed by atoms with Crippen molar-refractivity contribution in [3.05, 3.63) is 34.9 Å². The first kappa shape index (κ1) is 15.3. The standard InChI is InChI=1S/C15H21ClN2O2/c1-20-6-5-17-15(19)10-18-14-8-12(9-14)11-3-2-4-13(16)7-11/h2-4,7,12,14,18H,5-6,8-10H2,1H3,(H,17,19). The Kier molecular flexibility index (Phi) is 5.83. The smallest absolute Gasteiger partial charge is 0.234 e. The Balaban J connectivity index is 1.63. The van der Waals surface area contributed by atoms with E-state index < -0.39 is 0 Å². The Bertz CT molecular complexity index is 447. The number of benzene rings is 1. The largest absolute Gasteiger partial charge is 0.383 e. The molecule has 110 valence electrons. The third-order valence-corrected chi connectivity index (χ3v) is 3.87. The number of rotatable bonds is 7. The number of hydrogen-bond donors (Lipinski definition) is 2. The summed E-state index contributed by atoms with van der Waals surface area (Å²) in [6.07, 6.45) is 2.12. The zero-order valence-electron chi connectivity index (χ0n) is 11.7. The first-order valence-corrected chi connectivity index (χ1v) is 7.31. The van der Waals surface area contributed by atoms with Crippen LogP contribution in [0.1, 0.15) is 24.3 Å². The molecule has 0 atom stereocenters. The van der Waals surface area contributed by atoms with E-state index in [0.717, 1.165) is 17.9 Å². The summed E-state index contributed by atoms with van der Waals surface area (Å²) in [5.74, 6) is 0.580. The molecule has 5 heteroatoms. The van der Waals surface area contributed by atoms with Gasteiger partial charge in [0.05, 0.1) is 13.2 Å². The maximum Gasteiger partial charge on any atom is 0.234 e. The van der Waals surface area contributed by atoms with Gasteiger partial charge in [0, 0.05) is 24.7 Å². The van der Waals surface area contributed by atoms with Crippen LogP contribution in [0.4, 0.5) is 0 Å². The molecule has 0 aliphatic heterocycles. The molecule has 4 nitrogen and oxygen atoms in total. The molecule has 1 aliphatic rings. The molecule has 2 N–H and O–H groups in total. The highest BCUT2D eigenvalue weighted by molar-refractivity contribution is 6.30. The number of hydrogen-bond acceptors (Lipinski definition) is 3. The molecule has 0 spiro atoms. The number of nitrogens with one attached hydrogen (secondary N) is 2. The maximum absolute atomic E-state index is 11.5. The van der Waals surface area contributed by atoms with Gasteiger partial charge in [0.1, 0.15) is 0 Å². The zero-order valence-corrected chi connectivity index (χ0v) is 12.5. The summed E-state index contributed by atoms with van der Waals surface area (Å²) in [5, 5.41) is 6.86. The predicted molar refractivity (Wildman–Crippen MR) is 80.1 cm³/mol. The van der Waals surface area contributed by atoms with Crippen molar-refractivity contribution in [3.63, 3.8) is 0 Å². The lowest BCUT2D eigenvalue weighted by Crippen LogP contribution is -2.45. The summed E-state index contributed by atoms with van der Waals surface area (Å²) in [4.78, 5) is 11.5. The molecule has 1 aromatic carbocycles. The summed E-state index contributed by atoms with van der Waals surface area (Å²) in [5.41, 5.74) is 1.29. The van der Waals surface area contributed by atoms with Gasteiger partial charge in [-0.3, -0.25) is 4.79 Å². The zero-order chi connectivity index (χ0) is 14.4. The first-order valence-electron chi connectivity index (χ1n) is 6.93.